The van der Waals surface area contributed by atoms with Crippen LogP contribution in [0.25, 0.3) is 16.8 Å². The molecule has 2 heterocycles. The molecule has 7 nitrogen and oxygen atoms in total. The Kier molecular flexibility index (Phi) is 9.68. The third kappa shape index (κ3) is 6.12. The highest BCUT2D eigenvalue weighted by Gasteiger charge is 2.36. The molecule has 0 fully saturated rings. The van der Waals surface area contributed by atoms with E-state index in [4.69, 9.17) is 30.8 Å². The minimum atomic E-state index is -0.833. The number of hydrogen-bond acceptors (Lipinski definition) is 7. The average Bonchev–Trinajstić information content (AvgIpc) is 3.31. The molecule has 0 saturated heterocycles. The van der Waals surface area contributed by atoms with E-state index < -0.39 is 12.0 Å². The van der Waals surface area contributed by atoms with Gasteiger partial charge in [0.25, 0.3) is 5.56 Å². The SMILES string of the molecule is CCCCOc1ccc2ccccc2c1/C=c1/sc2n(c1=O)[C@H](c1cc(Cl)ccc1OC)C(C(=O)OCC)=C(CCC)N=2. The summed E-state index contributed by atoms with van der Waals surface area (Å²) >= 11 is 7.76. The first kappa shape index (κ1) is 30.6. The molecule has 1 aliphatic rings. The lowest BCUT2D eigenvalue weighted by atomic mass is 9.93. The number of methoxy groups -OCH3 is 1. The van der Waals surface area contributed by atoms with Crippen LogP contribution in [0.1, 0.15) is 63.6 Å². The van der Waals surface area contributed by atoms with Crippen molar-refractivity contribution in [3.63, 3.8) is 0 Å². The van der Waals surface area contributed by atoms with Gasteiger partial charge in [0.2, 0.25) is 0 Å². The molecule has 224 valence electrons. The van der Waals surface area contributed by atoms with E-state index in [0.29, 0.717) is 55.7 Å². The van der Waals surface area contributed by atoms with Crippen LogP contribution in [-0.4, -0.2) is 30.9 Å². The summed E-state index contributed by atoms with van der Waals surface area (Å²) in [7, 11) is 1.55. The quantitative estimate of drug-likeness (QED) is 0.140. The first-order chi connectivity index (χ1) is 20.9. The second kappa shape index (κ2) is 13.6. The summed E-state index contributed by atoms with van der Waals surface area (Å²) < 4.78 is 19.5. The van der Waals surface area contributed by atoms with Gasteiger partial charge in [0, 0.05) is 16.1 Å². The zero-order valence-electron chi connectivity index (χ0n) is 24.8. The summed E-state index contributed by atoms with van der Waals surface area (Å²) in [4.78, 5) is 33.3. The fourth-order valence-corrected chi connectivity index (χ4v) is 6.52. The van der Waals surface area contributed by atoms with Crippen LogP contribution in [-0.2, 0) is 9.53 Å². The Hall–Kier alpha value is -3.88. The number of nitrogens with zero attached hydrogens (tertiary/aromatic N) is 2. The second-order valence-corrected chi connectivity index (χ2v) is 11.6. The van der Waals surface area contributed by atoms with E-state index in [1.807, 2.05) is 49.4 Å². The summed E-state index contributed by atoms with van der Waals surface area (Å²) in [6.45, 7) is 6.67. The van der Waals surface area contributed by atoms with Gasteiger partial charge in [-0.3, -0.25) is 9.36 Å². The van der Waals surface area contributed by atoms with Crippen LogP contribution < -0.4 is 24.4 Å². The van der Waals surface area contributed by atoms with Gasteiger partial charge >= 0.3 is 5.97 Å². The normalized spacial score (nSPS) is 14.9. The predicted molar refractivity (Wildman–Crippen MR) is 172 cm³/mol. The number of rotatable bonds is 11. The summed E-state index contributed by atoms with van der Waals surface area (Å²) in [5.41, 5.74) is 2.05. The van der Waals surface area contributed by atoms with Gasteiger partial charge in [0.1, 0.15) is 17.5 Å². The molecule has 1 atom stereocenters. The minimum Gasteiger partial charge on any atom is -0.496 e. The fraction of sp³-hybridized carbons (Fsp3) is 0.324. The molecule has 9 heteroatoms. The molecule has 1 aromatic heterocycles. The number of ether oxygens (including phenoxy) is 3. The Morgan fingerprint density at radius 2 is 1.86 bits per heavy atom. The zero-order valence-corrected chi connectivity index (χ0v) is 26.4. The first-order valence-electron chi connectivity index (χ1n) is 14.6. The number of hydrogen-bond donors (Lipinski definition) is 0. The predicted octanol–water partition coefficient (Wildman–Crippen LogP) is 6.57. The first-order valence-corrected chi connectivity index (χ1v) is 15.8. The monoisotopic (exact) mass is 618 g/mol. The fourth-order valence-electron chi connectivity index (χ4n) is 5.34. The van der Waals surface area contributed by atoms with Crippen molar-refractivity contribution >= 4 is 45.8 Å². The van der Waals surface area contributed by atoms with Crippen LogP contribution in [0.15, 0.2) is 75.7 Å². The minimum absolute atomic E-state index is 0.188. The zero-order chi connectivity index (χ0) is 30.5. The summed E-state index contributed by atoms with van der Waals surface area (Å²) in [5.74, 6) is 0.700. The van der Waals surface area contributed by atoms with Crippen LogP contribution in [0, 0.1) is 0 Å². The van der Waals surface area contributed by atoms with Crippen molar-refractivity contribution in [1.29, 1.82) is 0 Å². The van der Waals surface area contributed by atoms with E-state index in [1.54, 1.807) is 36.8 Å². The van der Waals surface area contributed by atoms with E-state index in [2.05, 4.69) is 6.92 Å². The van der Waals surface area contributed by atoms with Crippen molar-refractivity contribution in [1.82, 2.24) is 4.57 Å². The molecular formula is C34H35ClN2O5S. The van der Waals surface area contributed by atoms with Gasteiger partial charge in [0.15, 0.2) is 4.80 Å². The number of thiazole rings is 1. The maximum absolute atomic E-state index is 14.4. The lowest BCUT2D eigenvalue weighted by Gasteiger charge is -2.27. The Bertz CT molecular complexity index is 1870. The molecule has 0 unspecified atom stereocenters. The highest BCUT2D eigenvalue weighted by molar-refractivity contribution is 7.07. The average molecular weight is 619 g/mol. The summed E-state index contributed by atoms with van der Waals surface area (Å²) in [6.07, 6.45) is 5.11. The Labute approximate surface area is 259 Å². The van der Waals surface area contributed by atoms with Crippen molar-refractivity contribution < 1.29 is 19.0 Å². The third-order valence-electron chi connectivity index (χ3n) is 7.34. The number of carbonyl (C=O) groups is 1. The molecule has 3 aromatic carbocycles. The van der Waals surface area contributed by atoms with E-state index in [1.165, 1.54) is 11.3 Å². The van der Waals surface area contributed by atoms with Crippen molar-refractivity contribution in [2.45, 2.75) is 52.5 Å². The van der Waals surface area contributed by atoms with Crippen molar-refractivity contribution in [2.24, 2.45) is 4.99 Å². The van der Waals surface area contributed by atoms with Gasteiger partial charge in [-0.1, -0.05) is 80.0 Å². The molecule has 0 amide bonds. The highest BCUT2D eigenvalue weighted by Crippen LogP contribution is 2.38. The number of unbranched alkanes of at least 4 members (excludes halogenated alkanes) is 1. The molecule has 1 aliphatic heterocycles. The smallest absolute Gasteiger partial charge is 0.338 e. The van der Waals surface area contributed by atoms with Crippen LogP contribution in [0.4, 0.5) is 0 Å². The van der Waals surface area contributed by atoms with Gasteiger partial charge in [-0.25, -0.2) is 9.79 Å². The maximum Gasteiger partial charge on any atom is 0.338 e. The van der Waals surface area contributed by atoms with E-state index in [9.17, 15) is 9.59 Å². The Morgan fingerprint density at radius 1 is 1.07 bits per heavy atom. The van der Waals surface area contributed by atoms with Crippen molar-refractivity contribution in [3.05, 3.63) is 102 Å². The van der Waals surface area contributed by atoms with E-state index in [-0.39, 0.29) is 12.2 Å². The van der Waals surface area contributed by atoms with Gasteiger partial charge in [-0.15, -0.1) is 0 Å². The van der Waals surface area contributed by atoms with Crippen LogP contribution in [0.2, 0.25) is 5.02 Å². The number of aromatic nitrogens is 1. The van der Waals surface area contributed by atoms with Gasteiger partial charge < -0.3 is 14.2 Å². The van der Waals surface area contributed by atoms with Crippen LogP contribution in [0.5, 0.6) is 11.5 Å². The largest absolute Gasteiger partial charge is 0.496 e. The molecule has 4 aromatic rings. The summed E-state index contributed by atoms with van der Waals surface area (Å²) in [6, 6.07) is 16.4. The lowest BCUT2D eigenvalue weighted by Crippen LogP contribution is -2.40. The topological polar surface area (TPSA) is 79.1 Å². The lowest BCUT2D eigenvalue weighted by molar-refractivity contribution is -0.139. The number of halogens is 1. The Morgan fingerprint density at radius 3 is 2.60 bits per heavy atom. The molecule has 0 radical (unpaired) electrons. The number of allylic oxidation sites excluding steroid dienone is 1. The molecule has 0 N–H and O–H groups in total. The second-order valence-electron chi connectivity index (χ2n) is 10.2. The summed E-state index contributed by atoms with van der Waals surface area (Å²) in [5, 5.41) is 2.48. The van der Waals surface area contributed by atoms with E-state index in [0.717, 1.165) is 35.6 Å². The van der Waals surface area contributed by atoms with Gasteiger partial charge in [-0.05, 0) is 60.9 Å². The molecule has 0 spiro atoms. The molecule has 43 heavy (non-hydrogen) atoms. The molecule has 0 bridgehead atoms. The standard InChI is InChI=1S/C34H35ClN2O5S/c1-5-8-18-42-28-16-14-21-12-9-10-13-23(21)24(28)20-29-32(38)37-31(25-19-22(35)15-17-27(25)40-4)30(33(39)41-7-3)26(11-6-2)36-34(37)43-29/h9-10,12-17,19-20,31H,5-8,11,18H2,1-4H3/b29-20+/t31-/m1/s1. The van der Waals surface area contributed by atoms with Gasteiger partial charge in [0.05, 0.1) is 36.1 Å². The number of esters is 1. The molecule has 0 saturated carbocycles. The van der Waals surface area contributed by atoms with Crippen molar-refractivity contribution in [2.75, 3.05) is 20.3 Å². The van der Waals surface area contributed by atoms with Crippen LogP contribution >= 0.6 is 22.9 Å². The number of benzene rings is 3. The molecule has 5 rings (SSSR count). The van der Waals surface area contributed by atoms with Gasteiger partial charge in [-0.2, -0.15) is 0 Å². The highest BCUT2D eigenvalue weighted by atomic mass is 35.5. The van der Waals surface area contributed by atoms with E-state index >= 15 is 0 Å². The maximum atomic E-state index is 14.4. The Balaban J connectivity index is 1.81. The third-order valence-corrected chi connectivity index (χ3v) is 8.56. The van der Waals surface area contributed by atoms with Crippen molar-refractivity contribution in [3.8, 4) is 11.5 Å². The number of carbonyl (C=O) groups excluding carboxylic acids is 1. The number of fused-ring (bicyclic) bond motifs is 2. The molecule has 0 aliphatic carbocycles. The molecular weight excluding hydrogens is 584 g/mol. The van der Waals surface area contributed by atoms with Crippen LogP contribution in [0.3, 0.4) is 0 Å².